The van der Waals surface area contributed by atoms with Crippen LogP contribution < -0.4 is 19.6 Å². The van der Waals surface area contributed by atoms with Crippen LogP contribution in [0.15, 0.2) is 76.0 Å². The first kappa shape index (κ1) is 32.6. The summed E-state index contributed by atoms with van der Waals surface area (Å²) in [5.41, 5.74) is 6.85. The number of hydrogen-bond donors (Lipinski definition) is 0. The number of aryl methyl sites for hydroxylation is 2. The number of esters is 1. The van der Waals surface area contributed by atoms with Gasteiger partial charge < -0.3 is 14.0 Å². The van der Waals surface area contributed by atoms with Crippen LogP contribution in [0.2, 0.25) is 0 Å². The fraction of sp³-hybridized carbons (Fsp3) is 0.282. The van der Waals surface area contributed by atoms with Gasteiger partial charge in [-0.05, 0) is 94.3 Å². The molecule has 4 heterocycles. The number of rotatable bonds is 8. The van der Waals surface area contributed by atoms with Crippen LogP contribution in [0, 0.1) is 25.2 Å². The summed E-state index contributed by atoms with van der Waals surface area (Å²) in [6, 6.07) is 20.8. The van der Waals surface area contributed by atoms with E-state index >= 15 is 0 Å². The zero-order valence-electron chi connectivity index (χ0n) is 27.9. The lowest BCUT2D eigenvalue weighted by atomic mass is 9.93. The highest BCUT2D eigenvalue weighted by Crippen LogP contribution is 2.39. The van der Waals surface area contributed by atoms with Gasteiger partial charge in [0.25, 0.3) is 5.56 Å². The van der Waals surface area contributed by atoms with E-state index in [1.807, 2.05) is 81.4 Å². The van der Waals surface area contributed by atoms with E-state index in [-0.39, 0.29) is 12.2 Å². The summed E-state index contributed by atoms with van der Waals surface area (Å²) in [4.78, 5) is 35.0. The first-order valence-electron chi connectivity index (χ1n) is 16.6. The Labute approximate surface area is 292 Å². The predicted molar refractivity (Wildman–Crippen MR) is 193 cm³/mol. The molecule has 49 heavy (non-hydrogen) atoms. The molecule has 248 valence electrons. The summed E-state index contributed by atoms with van der Waals surface area (Å²) < 4.78 is 15.6. The molecule has 2 aliphatic rings. The Hall–Kier alpha value is -4.98. The molecule has 7 rings (SSSR count). The maximum Gasteiger partial charge on any atom is 0.338 e. The van der Waals surface area contributed by atoms with Crippen LogP contribution in [0.4, 0.5) is 0 Å². The van der Waals surface area contributed by atoms with Crippen molar-refractivity contribution in [3.8, 4) is 16.8 Å². The van der Waals surface area contributed by atoms with Gasteiger partial charge in [0.05, 0.1) is 40.6 Å². The number of hydrogen-bond acceptors (Lipinski definition) is 8. The quantitative estimate of drug-likeness (QED) is 0.172. The van der Waals surface area contributed by atoms with Crippen LogP contribution in [0.5, 0.6) is 5.75 Å². The van der Waals surface area contributed by atoms with Gasteiger partial charge in [0.1, 0.15) is 16.8 Å². The molecule has 2 aromatic carbocycles. The number of thiazole rings is 1. The van der Waals surface area contributed by atoms with Gasteiger partial charge in [-0.2, -0.15) is 5.26 Å². The Bertz CT molecular complexity index is 2330. The standard InChI is InChI=1S/C39H36N4O4S2/c1-5-46-28-18-16-26(17-19-28)35-33(38(45)47-6-2)34(25-12-8-7-9-13-25)41-39-43(35)36(44)32(49-39)21-27-20-23(3)42(24(27)4)37-30(22-40)29-14-10-11-15-31(29)48-37/h7-9,12-13,16-21,35H,5-6,10-11,14-15H2,1-4H3/b32-21+/t35-/m1/s1. The van der Waals surface area contributed by atoms with E-state index in [2.05, 4.69) is 16.7 Å². The number of thiophene rings is 1. The van der Waals surface area contributed by atoms with Gasteiger partial charge in [-0.1, -0.05) is 53.8 Å². The van der Waals surface area contributed by atoms with E-state index in [0.717, 1.165) is 64.3 Å². The van der Waals surface area contributed by atoms with Crippen molar-refractivity contribution in [3.05, 3.63) is 130 Å². The van der Waals surface area contributed by atoms with Crippen molar-refractivity contribution < 1.29 is 14.3 Å². The number of nitriles is 1. The van der Waals surface area contributed by atoms with Crippen molar-refractivity contribution in [2.75, 3.05) is 13.2 Å². The summed E-state index contributed by atoms with van der Waals surface area (Å²) in [5, 5.41) is 11.1. The molecule has 0 saturated carbocycles. The van der Waals surface area contributed by atoms with Crippen molar-refractivity contribution in [1.82, 2.24) is 9.13 Å². The van der Waals surface area contributed by atoms with Gasteiger partial charge in [0.2, 0.25) is 0 Å². The second-order valence-electron chi connectivity index (χ2n) is 12.1. The zero-order valence-corrected chi connectivity index (χ0v) is 29.5. The molecule has 0 radical (unpaired) electrons. The topological polar surface area (TPSA) is 98.6 Å². The van der Waals surface area contributed by atoms with Crippen molar-refractivity contribution in [2.45, 2.75) is 59.4 Å². The molecule has 0 unspecified atom stereocenters. The molecular weight excluding hydrogens is 653 g/mol. The Balaban J connectivity index is 1.43. The van der Waals surface area contributed by atoms with E-state index in [9.17, 15) is 14.9 Å². The number of benzene rings is 2. The smallest absolute Gasteiger partial charge is 0.338 e. The maximum atomic E-state index is 14.5. The first-order chi connectivity index (χ1) is 23.8. The van der Waals surface area contributed by atoms with Gasteiger partial charge in [-0.3, -0.25) is 9.36 Å². The van der Waals surface area contributed by atoms with Crippen LogP contribution in [-0.2, 0) is 22.4 Å². The van der Waals surface area contributed by atoms with Crippen molar-refractivity contribution in [1.29, 1.82) is 5.26 Å². The fourth-order valence-corrected chi connectivity index (χ4v) is 9.32. The number of nitrogens with zero attached hydrogens (tertiary/aromatic N) is 4. The normalized spacial score (nSPS) is 15.7. The minimum atomic E-state index is -0.772. The molecule has 0 amide bonds. The van der Waals surface area contributed by atoms with Gasteiger partial charge in [-0.15, -0.1) is 11.3 Å². The molecule has 5 aromatic rings. The molecule has 8 nitrogen and oxygen atoms in total. The van der Waals surface area contributed by atoms with E-state index in [1.54, 1.807) is 22.8 Å². The van der Waals surface area contributed by atoms with Gasteiger partial charge in [0.15, 0.2) is 4.80 Å². The highest BCUT2D eigenvalue weighted by molar-refractivity contribution is 7.15. The van der Waals surface area contributed by atoms with Crippen LogP contribution >= 0.6 is 22.7 Å². The summed E-state index contributed by atoms with van der Waals surface area (Å²) in [6.45, 7) is 8.46. The molecule has 0 saturated heterocycles. The van der Waals surface area contributed by atoms with E-state index in [4.69, 9.17) is 14.5 Å². The molecular formula is C39H36N4O4S2. The summed E-state index contributed by atoms with van der Waals surface area (Å²) >= 11 is 3.01. The average Bonchev–Trinajstić information content (AvgIpc) is 3.73. The van der Waals surface area contributed by atoms with E-state index in [0.29, 0.717) is 33.0 Å². The molecule has 1 atom stereocenters. The van der Waals surface area contributed by atoms with Gasteiger partial charge in [0, 0.05) is 21.8 Å². The third-order valence-electron chi connectivity index (χ3n) is 9.11. The lowest BCUT2D eigenvalue weighted by Crippen LogP contribution is -2.40. The molecule has 3 aromatic heterocycles. The van der Waals surface area contributed by atoms with Gasteiger partial charge >= 0.3 is 5.97 Å². The lowest BCUT2D eigenvalue weighted by molar-refractivity contribution is -0.138. The predicted octanol–water partition coefficient (Wildman–Crippen LogP) is 6.55. The molecule has 1 aliphatic carbocycles. The van der Waals surface area contributed by atoms with E-state index in [1.165, 1.54) is 21.8 Å². The molecule has 1 aliphatic heterocycles. The number of carbonyl (C=O) groups excluding carboxylic acids is 1. The van der Waals surface area contributed by atoms with Crippen LogP contribution in [0.3, 0.4) is 0 Å². The maximum absolute atomic E-state index is 14.5. The largest absolute Gasteiger partial charge is 0.494 e. The average molecular weight is 689 g/mol. The highest BCUT2D eigenvalue weighted by atomic mass is 32.1. The van der Waals surface area contributed by atoms with Crippen molar-refractivity contribution >= 4 is 40.4 Å². The molecule has 0 spiro atoms. The third-order valence-corrected chi connectivity index (χ3v) is 11.4. The minimum Gasteiger partial charge on any atom is -0.494 e. The van der Waals surface area contributed by atoms with Crippen LogP contribution in [0.1, 0.15) is 76.8 Å². The summed E-state index contributed by atoms with van der Waals surface area (Å²) in [6.07, 6.45) is 6.12. The second kappa shape index (κ2) is 13.5. The minimum absolute atomic E-state index is 0.182. The molecule has 0 fully saturated rings. The number of ether oxygens (including phenoxy) is 2. The number of fused-ring (bicyclic) bond motifs is 2. The fourth-order valence-electron chi connectivity index (χ4n) is 6.88. The van der Waals surface area contributed by atoms with Crippen LogP contribution in [0.25, 0.3) is 16.8 Å². The SMILES string of the molecule is CCOC(=O)C1=C(c2ccccc2)N=c2s/c(=C/c3cc(C)n(-c4sc5c(c4C#N)CCCC5)c3C)c(=O)n2[C@@H]1c1ccc(OCC)cc1. The van der Waals surface area contributed by atoms with Gasteiger partial charge in [-0.25, -0.2) is 9.79 Å². The summed E-state index contributed by atoms with van der Waals surface area (Å²) in [5.74, 6) is 0.180. The third kappa shape index (κ3) is 5.77. The van der Waals surface area contributed by atoms with E-state index < -0.39 is 12.0 Å². The monoisotopic (exact) mass is 688 g/mol. The number of aromatic nitrogens is 2. The van der Waals surface area contributed by atoms with Crippen molar-refractivity contribution in [3.63, 3.8) is 0 Å². The zero-order chi connectivity index (χ0) is 34.2. The Morgan fingerprint density at radius 1 is 1.04 bits per heavy atom. The Kier molecular flexibility index (Phi) is 8.97. The lowest BCUT2D eigenvalue weighted by Gasteiger charge is -2.26. The molecule has 0 N–H and O–H groups in total. The Morgan fingerprint density at radius 3 is 2.51 bits per heavy atom. The summed E-state index contributed by atoms with van der Waals surface area (Å²) in [7, 11) is 0. The Morgan fingerprint density at radius 2 is 1.80 bits per heavy atom. The van der Waals surface area contributed by atoms with Crippen LogP contribution in [-0.4, -0.2) is 28.3 Å². The number of carbonyl (C=O) groups is 1. The van der Waals surface area contributed by atoms with Crippen molar-refractivity contribution in [2.24, 2.45) is 4.99 Å². The second-order valence-corrected chi connectivity index (χ2v) is 14.2. The first-order valence-corrected chi connectivity index (χ1v) is 18.2. The molecule has 0 bridgehead atoms. The highest BCUT2D eigenvalue weighted by Gasteiger charge is 2.35. The molecule has 10 heteroatoms.